The van der Waals surface area contributed by atoms with Crippen LogP contribution in [0.4, 0.5) is 0 Å². The van der Waals surface area contributed by atoms with Gasteiger partial charge >= 0.3 is 0 Å². The van der Waals surface area contributed by atoms with E-state index in [1.165, 1.54) is 57.8 Å². The van der Waals surface area contributed by atoms with E-state index in [2.05, 4.69) is 61.2 Å². The van der Waals surface area contributed by atoms with Gasteiger partial charge in [0.15, 0.2) is 0 Å². The van der Waals surface area contributed by atoms with Crippen LogP contribution in [0.1, 0.15) is 85.5 Å². The van der Waals surface area contributed by atoms with Gasteiger partial charge in [-0.15, -0.1) is 0 Å². The summed E-state index contributed by atoms with van der Waals surface area (Å²) in [7, 11) is 0. The molecular weight excluding hydrogens is 300 g/mol. The molecule has 0 amide bonds. The summed E-state index contributed by atoms with van der Waals surface area (Å²) in [5.74, 6) is 26.5. The lowest BCUT2D eigenvalue weighted by Crippen LogP contribution is -2.31. The molecule has 2 saturated carbocycles. The molecule has 0 spiro atoms. The van der Waals surface area contributed by atoms with Crippen LogP contribution in [0.2, 0.25) is 0 Å². The Morgan fingerprint density at radius 3 is 1.88 bits per heavy atom. The zero-order valence-corrected chi connectivity index (χ0v) is 16.5. The van der Waals surface area contributed by atoms with Crippen molar-refractivity contribution in [3.63, 3.8) is 0 Å². The molecule has 0 atom stereocenters. The fraction of sp³-hybridized carbons (Fsp3) is 0.680. The summed E-state index contributed by atoms with van der Waals surface area (Å²) >= 11 is 0. The Morgan fingerprint density at radius 1 is 0.760 bits per heavy atom. The predicted molar refractivity (Wildman–Crippen MR) is 107 cm³/mol. The van der Waals surface area contributed by atoms with Crippen molar-refractivity contribution in [1.29, 1.82) is 0 Å². The Bertz CT molecular complexity index is 676. The molecule has 0 radical (unpaired) electrons. The van der Waals surface area contributed by atoms with Gasteiger partial charge in [-0.1, -0.05) is 30.6 Å². The second-order valence-electron chi connectivity index (χ2n) is 8.42. The fourth-order valence-electron chi connectivity index (χ4n) is 4.36. The molecular formula is C25H32. The van der Waals surface area contributed by atoms with Gasteiger partial charge in [-0.3, -0.25) is 0 Å². The molecule has 2 aliphatic rings. The molecule has 0 aliphatic heterocycles. The molecule has 25 heavy (non-hydrogen) atoms. The van der Waals surface area contributed by atoms with Crippen LogP contribution in [-0.4, -0.2) is 0 Å². The molecule has 2 fully saturated rings. The van der Waals surface area contributed by atoms with Gasteiger partial charge in [-0.05, 0) is 114 Å². The van der Waals surface area contributed by atoms with Crippen LogP contribution in [-0.2, 0) is 0 Å². The highest BCUT2D eigenvalue weighted by Crippen LogP contribution is 2.48. The Morgan fingerprint density at radius 2 is 1.32 bits per heavy atom. The Labute approximate surface area is 155 Å². The zero-order chi connectivity index (χ0) is 18.2. The van der Waals surface area contributed by atoms with Gasteiger partial charge in [0, 0.05) is 10.8 Å². The van der Waals surface area contributed by atoms with Gasteiger partial charge in [0.25, 0.3) is 0 Å². The van der Waals surface area contributed by atoms with Crippen molar-refractivity contribution in [3.8, 4) is 47.4 Å². The van der Waals surface area contributed by atoms with Crippen LogP contribution in [0.5, 0.6) is 0 Å². The second-order valence-corrected chi connectivity index (χ2v) is 8.42. The maximum Gasteiger partial charge on any atom is 0.0327 e. The van der Waals surface area contributed by atoms with Crippen LogP contribution < -0.4 is 0 Å². The van der Waals surface area contributed by atoms with Crippen LogP contribution in [0, 0.1) is 70.0 Å². The molecule has 0 aromatic rings. The average Bonchev–Trinajstić information content (AvgIpc) is 2.60. The number of rotatable bonds is 2. The first-order valence-electron chi connectivity index (χ1n) is 9.89. The normalized spacial score (nSPS) is 33.9. The first kappa shape index (κ1) is 19.6. The Kier molecular flexibility index (Phi) is 7.11. The standard InChI is InChI=1S/C25H32/c1-5-7-9-15-24(4)17-13-23(14-18-24)21-25(16-10-8-6-2)19-11-22(3)12-20-25/h22-23H,11-14,17-21H2,1-4H3. The van der Waals surface area contributed by atoms with E-state index in [0.29, 0.717) is 0 Å². The van der Waals surface area contributed by atoms with E-state index in [1.807, 2.05) is 13.8 Å². The zero-order valence-electron chi connectivity index (χ0n) is 16.5. The third-order valence-corrected chi connectivity index (χ3v) is 6.19. The lowest BCUT2D eigenvalue weighted by atomic mass is 9.63. The number of hydrogen-bond acceptors (Lipinski definition) is 0. The van der Waals surface area contributed by atoms with Gasteiger partial charge in [0.1, 0.15) is 0 Å². The van der Waals surface area contributed by atoms with E-state index < -0.39 is 0 Å². The third kappa shape index (κ3) is 5.92. The molecule has 0 saturated heterocycles. The van der Waals surface area contributed by atoms with Crippen molar-refractivity contribution < 1.29 is 0 Å². The van der Waals surface area contributed by atoms with E-state index in [-0.39, 0.29) is 10.8 Å². The maximum atomic E-state index is 3.60. The van der Waals surface area contributed by atoms with E-state index >= 15 is 0 Å². The van der Waals surface area contributed by atoms with Crippen LogP contribution in [0.15, 0.2) is 0 Å². The molecule has 2 rings (SSSR count). The van der Waals surface area contributed by atoms with Crippen molar-refractivity contribution in [2.24, 2.45) is 22.7 Å². The van der Waals surface area contributed by atoms with E-state index in [4.69, 9.17) is 0 Å². The molecule has 0 unspecified atom stereocenters. The fourth-order valence-corrected chi connectivity index (χ4v) is 4.36. The van der Waals surface area contributed by atoms with E-state index in [9.17, 15) is 0 Å². The van der Waals surface area contributed by atoms with Crippen molar-refractivity contribution in [2.45, 2.75) is 85.5 Å². The van der Waals surface area contributed by atoms with Crippen LogP contribution in [0.3, 0.4) is 0 Å². The molecule has 0 heteroatoms. The summed E-state index contributed by atoms with van der Waals surface area (Å²) < 4.78 is 0. The highest BCUT2D eigenvalue weighted by molar-refractivity contribution is 5.29. The van der Waals surface area contributed by atoms with Gasteiger partial charge in [-0.2, -0.15) is 0 Å². The van der Waals surface area contributed by atoms with Crippen molar-refractivity contribution in [3.05, 3.63) is 0 Å². The minimum atomic E-state index is 0.161. The van der Waals surface area contributed by atoms with Crippen LogP contribution >= 0.6 is 0 Å². The smallest absolute Gasteiger partial charge is 0.0327 e. The molecule has 132 valence electrons. The quantitative estimate of drug-likeness (QED) is 0.559. The van der Waals surface area contributed by atoms with Crippen molar-refractivity contribution in [2.75, 3.05) is 0 Å². The van der Waals surface area contributed by atoms with Crippen molar-refractivity contribution in [1.82, 2.24) is 0 Å². The lowest BCUT2D eigenvalue weighted by molar-refractivity contribution is 0.138. The monoisotopic (exact) mass is 332 g/mol. The molecule has 0 aromatic carbocycles. The Balaban J connectivity index is 2.01. The van der Waals surface area contributed by atoms with Gasteiger partial charge in [-0.25, -0.2) is 0 Å². The molecule has 0 N–H and O–H groups in total. The SMILES string of the molecule is CC#CC#CC1(C)CCC(CC2(C#CC#CC)CCC(C)CC2)CC1. The molecule has 0 aromatic heterocycles. The Hall–Kier alpha value is -1.76. The molecule has 0 heterocycles. The molecule has 0 nitrogen and oxygen atoms in total. The summed E-state index contributed by atoms with van der Waals surface area (Å²) in [4.78, 5) is 0. The highest BCUT2D eigenvalue weighted by Gasteiger charge is 2.37. The first-order chi connectivity index (χ1) is 12.0. The average molecular weight is 333 g/mol. The van der Waals surface area contributed by atoms with Gasteiger partial charge < -0.3 is 0 Å². The lowest BCUT2D eigenvalue weighted by Gasteiger charge is -2.41. The van der Waals surface area contributed by atoms with Gasteiger partial charge in [0.2, 0.25) is 0 Å². The van der Waals surface area contributed by atoms with Crippen LogP contribution in [0.25, 0.3) is 0 Å². The second kappa shape index (κ2) is 9.08. The first-order valence-corrected chi connectivity index (χ1v) is 9.89. The molecule has 0 bridgehead atoms. The van der Waals surface area contributed by atoms with E-state index in [0.717, 1.165) is 11.8 Å². The van der Waals surface area contributed by atoms with Crippen molar-refractivity contribution >= 4 is 0 Å². The summed E-state index contributed by atoms with van der Waals surface area (Å²) in [5.41, 5.74) is 0.377. The van der Waals surface area contributed by atoms with Gasteiger partial charge in [0.05, 0.1) is 0 Å². The topological polar surface area (TPSA) is 0 Å². The predicted octanol–water partition coefficient (Wildman–Crippen LogP) is 5.82. The highest BCUT2D eigenvalue weighted by atomic mass is 14.4. The summed E-state index contributed by atoms with van der Waals surface area (Å²) in [6.45, 7) is 8.41. The van der Waals surface area contributed by atoms with E-state index in [1.54, 1.807) is 0 Å². The minimum Gasteiger partial charge on any atom is -0.0925 e. The maximum absolute atomic E-state index is 3.60. The summed E-state index contributed by atoms with van der Waals surface area (Å²) in [5, 5.41) is 0. The summed E-state index contributed by atoms with van der Waals surface area (Å²) in [6.07, 6.45) is 11.4. The minimum absolute atomic E-state index is 0.161. The molecule has 2 aliphatic carbocycles. The summed E-state index contributed by atoms with van der Waals surface area (Å²) in [6, 6.07) is 0. The largest absolute Gasteiger partial charge is 0.0925 e. The third-order valence-electron chi connectivity index (χ3n) is 6.19. The number of hydrogen-bond donors (Lipinski definition) is 0.